The molecule has 0 aromatic heterocycles. The van der Waals surface area contributed by atoms with E-state index in [0.29, 0.717) is 10.8 Å². The number of rotatable bonds is 5. The second-order valence-electron chi connectivity index (χ2n) is 2.84. The Balaban J connectivity index is 2.39. The van der Waals surface area contributed by atoms with Crippen LogP contribution in [0.2, 0.25) is 5.02 Å². The summed E-state index contributed by atoms with van der Waals surface area (Å²) in [6, 6.07) is 6.84. The fourth-order valence-corrected chi connectivity index (χ4v) is 1.11. The van der Waals surface area contributed by atoms with Gasteiger partial charge in [0.1, 0.15) is 12.4 Å². The minimum absolute atomic E-state index is 0.00291. The third kappa shape index (κ3) is 4.56. The SMILES string of the molecule is [N-]=[N+]=NCC(O)COc1cccc(Cl)c1. The highest BCUT2D eigenvalue weighted by Gasteiger charge is 2.03. The Kier molecular flexibility index (Phi) is 4.77. The van der Waals surface area contributed by atoms with Gasteiger partial charge >= 0.3 is 0 Å². The van der Waals surface area contributed by atoms with Gasteiger partial charge < -0.3 is 9.84 Å². The molecule has 0 bridgehead atoms. The molecule has 0 aliphatic rings. The van der Waals surface area contributed by atoms with E-state index >= 15 is 0 Å². The standard InChI is InChI=1S/C9H10ClN3O2/c10-7-2-1-3-9(4-7)15-6-8(14)5-12-13-11/h1-4,8,14H,5-6H2. The number of hydrogen-bond donors (Lipinski definition) is 1. The summed E-state index contributed by atoms with van der Waals surface area (Å²) in [6.07, 6.45) is -0.806. The molecule has 0 heterocycles. The number of nitrogens with zero attached hydrogens (tertiary/aromatic N) is 3. The van der Waals surface area contributed by atoms with Crippen LogP contribution in [0, 0.1) is 0 Å². The quantitative estimate of drug-likeness (QED) is 0.476. The molecule has 0 fully saturated rings. The second-order valence-corrected chi connectivity index (χ2v) is 3.27. The number of aliphatic hydroxyl groups excluding tert-OH is 1. The van der Waals surface area contributed by atoms with Gasteiger partial charge in [0, 0.05) is 9.93 Å². The largest absolute Gasteiger partial charge is 0.491 e. The molecule has 0 saturated carbocycles. The van der Waals surface area contributed by atoms with Gasteiger partial charge in [-0.2, -0.15) is 0 Å². The molecule has 80 valence electrons. The van der Waals surface area contributed by atoms with E-state index in [9.17, 15) is 5.11 Å². The van der Waals surface area contributed by atoms with Crippen molar-refractivity contribution < 1.29 is 9.84 Å². The molecule has 1 rings (SSSR count). The molecule has 0 spiro atoms. The van der Waals surface area contributed by atoms with Gasteiger partial charge in [0.25, 0.3) is 0 Å². The number of halogens is 1. The Bertz CT molecular complexity index is 366. The van der Waals surface area contributed by atoms with Crippen LogP contribution in [-0.2, 0) is 0 Å². The van der Waals surface area contributed by atoms with E-state index in [2.05, 4.69) is 10.0 Å². The lowest BCUT2D eigenvalue weighted by molar-refractivity contribution is 0.114. The minimum Gasteiger partial charge on any atom is -0.491 e. The monoisotopic (exact) mass is 227 g/mol. The average Bonchev–Trinajstić information content (AvgIpc) is 2.23. The Morgan fingerprint density at radius 2 is 2.40 bits per heavy atom. The van der Waals surface area contributed by atoms with Crippen LogP contribution in [0.25, 0.3) is 10.4 Å². The lowest BCUT2D eigenvalue weighted by Gasteiger charge is -2.09. The molecule has 1 aromatic carbocycles. The predicted octanol–water partition coefficient (Wildman–Crippen LogP) is 2.39. The van der Waals surface area contributed by atoms with Crippen LogP contribution in [-0.4, -0.2) is 24.4 Å². The Hall–Kier alpha value is -1.42. The maximum absolute atomic E-state index is 9.29. The summed E-state index contributed by atoms with van der Waals surface area (Å²) in [6.45, 7) is 0.0659. The van der Waals surface area contributed by atoms with Gasteiger partial charge in [0.15, 0.2) is 0 Å². The van der Waals surface area contributed by atoms with Crippen LogP contribution in [0.15, 0.2) is 29.4 Å². The van der Waals surface area contributed by atoms with Gasteiger partial charge in [-0.3, -0.25) is 0 Å². The number of aliphatic hydroxyl groups is 1. The van der Waals surface area contributed by atoms with Crippen LogP contribution in [0.1, 0.15) is 0 Å². The van der Waals surface area contributed by atoms with Crippen LogP contribution < -0.4 is 4.74 Å². The molecule has 6 heteroatoms. The van der Waals surface area contributed by atoms with E-state index in [4.69, 9.17) is 21.9 Å². The van der Waals surface area contributed by atoms with E-state index < -0.39 is 6.10 Å². The van der Waals surface area contributed by atoms with Crippen molar-refractivity contribution in [1.82, 2.24) is 0 Å². The first-order valence-corrected chi connectivity index (χ1v) is 4.67. The zero-order valence-electron chi connectivity index (χ0n) is 7.88. The van der Waals surface area contributed by atoms with Crippen molar-refractivity contribution in [1.29, 1.82) is 0 Å². The minimum atomic E-state index is -0.806. The molecule has 0 amide bonds. The maximum Gasteiger partial charge on any atom is 0.120 e. The van der Waals surface area contributed by atoms with Gasteiger partial charge in [-0.1, -0.05) is 22.8 Å². The highest BCUT2D eigenvalue weighted by atomic mass is 35.5. The molecule has 1 N–H and O–H groups in total. The van der Waals surface area contributed by atoms with Crippen molar-refractivity contribution >= 4 is 11.6 Å². The predicted molar refractivity (Wildman–Crippen MR) is 57.0 cm³/mol. The zero-order valence-corrected chi connectivity index (χ0v) is 8.63. The second kappa shape index (κ2) is 6.14. The fourth-order valence-electron chi connectivity index (χ4n) is 0.933. The smallest absolute Gasteiger partial charge is 0.120 e. The first-order valence-electron chi connectivity index (χ1n) is 4.29. The third-order valence-corrected chi connectivity index (χ3v) is 1.83. The Morgan fingerprint density at radius 3 is 3.07 bits per heavy atom. The molecule has 0 aliphatic carbocycles. The number of azide groups is 1. The molecule has 1 aromatic rings. The van der Waals surface area contributed by atoms with Crippen LogP contribution in [0.4, 0.5) is 0 Å². The van der Waals surface area contributed by atoms with Gasteiger partial charge in [-0.15, -0.1) is 0 Å². The van der Waals surface area contributed by atoms with Crippen molar-refractivity contribution in [2.45, 2.75) is 6.10 Å². The van der Waals surface area contributed by atoms with E-state index in [1.165, 1.54) is 0 Å². The summed E-state index contributed by atoms with van der Waals surface area (Å²) in [7, 11) is 0. The number of benzene rings is 1. The summed E-state index contributed by atoms with van der Waals surface area (Å²) in [5, 5.41) is 13.1. The van der Waals surface area contributed by atoms with Crippen LogP contribution in [0.3, 0.4) is 0 Å². The summed E-state index contributed by atoms with van der Waals surface area (Å²) >= 11 is 5.73. The fraction of sp³-hybridized carbons (Fsp3) is 0.333. The first kappa shape index (κ1) is 11.7. The highest BCUT2D eigenvalue weighted by Crippen LogP contribution is 2.17. The lowest BCUT2D eigenvalue weighted by atomic mass is 10.3. The van der Waals surface area contributed by atoms with Crippen molar-refractivity contribution in [2.24, 2.45) is 5.11 Å². The molecular formula is C9H10ClN3O2. The highest BCUT2D eigenvalue weighted by molar-refractivity contribution is 6.30. The number of ether oxygens (including phenoxy) is 1. The first-order chi connectivity index (χ1) is 7.22. The zero-order chi connectivity index (χ0) is 11.1. The van der Waals surface area contributed by atoms with Crippen LogP contribution >= 0.6 is 11.6 Å². The molecule has 1 unspecified atom stereocenters. The topological polar surface area (TPSA) is 78.2 Å². The lowest BCUT2D eigenvalue weighted by Crippen LogP contribution is -2.20. The molecule has 0 saturated heterocycles. The van der Waals surface area contributed by atoms with Gasteiger partial charge in [-0.25, -0.2) is 0 Å². The molecule has 5 nitrogen and oxygen atoms in total. The van der Waals surface area contributed by atoms with E-state index in [1.54, 1.807) is 24.3 Å². The summed E-state index contributed by atoms with van der Waals surface area (Å²) < 4.78 is 5.23. The summed E-state index contributed by atoms with van der Waals surface area (Å²) in [4.78, 5) is 2.53. The third-order valence-electron chi connectivity index (χ3n) is 1.59. The van der Waals surface area contributed by atoms with Crippen molar-refractivity contribution in [2.75, 3.05) is 13.2 Å². The number of hydrogen-bond acceptors (Lipinski definition) is 3. The van der Waals surface area contributed by atoms with Crippen molar-refractivity contribution in [3.63, 3.8) is 0 Å². The van der Waals surface area contributed by atoms with E-state index in [0.717, 1.165) is 0 Å². The van der Waals surface area contributed by atoms with E-state index in [1.807, 2.05) is 0 Å². The molecule has 1 atom stereocenters. The van der Waals surface area contributed by atoms with Gasteiger partial charge in [0.2, 0.25) is 0 Å². The molecule has 15 heavy (non-hydrogen) atoms. The van der Waals surface area contributed by atoms with Crippen LogP contribution in [0.5, 0.6) is 5.75 Å². The molecule has 0 aliphatic heterocycles. The summed E-state index contributed by atoms with van der Waals surface area (Å²) in [5.41, 5.74) is 8.03. The normalized spacial score (nSPS) is 11.6. The van der Waals surface area contributed by atoms with E-state index in [-0.39, 0.29) is 13.2 Å². The van der Waals surface area contributed by atoms with Crippen molar-refractivity contribution in [3.8, 4) is 5.75 Å². The average molecular weight is 228 g/mol. The molecular weight excluding hydrogens is 218 g/mol. The van der Waals surface area contributed by atoms with Gasteiger partial charge in [-0.05, 0) is 23.7 Å². The molecule has 0 radical (unpaired) electrons. The Morgan fingerprint density at radius 1 is 1.60 bits per heavy atom. The summed E-state index contributed by atoms with van der Waals surface area (Å²) in [5.74, 6) is 0.572. The Labute approximate surface area is 91.9 Å². The maximum atomic E-state index is 9.29. The van der Waals surface area contributed by atoms with Gasteiger partial charge in [0.05, 0.1) is 12.6 Å². The van der Waals surface area contributed by atoms with Crippen molar-refractivity contribution in [3.05, 3.63) is 39.7 Å².